The minimum absolute atomic E-state index is 0.367. The fourth-order valence-corrected chi connectivity index (χ4v) is 2.21. The maximum absolute atomic E-state index is 13.3. The Hall–Kier alpha value is -2.18. The Balaban J connectivity index is 1.97. The Morgan fingerprint density at radius 3 is 2.65 bits per heavy atom. The summed E-state index contributed by atoms with van der Waals surface area (Å²) >= 11 is 0. The molecule has 104 valence electrons. The van der Waals surface area contributed by atoms with Crippen LogP contribution in [0.5, 0.6) is 11.5 Å². The summed E-state index contributed by atoms with van der Waals surface area (Å²) in [5.74, 6) is 6.56. The maximum atomic E-state index is 13.3. The molecule has 1 aliphatic rings. The van der Waals surface area contributed by atoms with E-state index >= 15 is 0 Å². The van der Waals surface area contributed by atoms with Crippen molar-refractivity contribution in [2.75, 3.05) is 13.2 Å². The SMILES string of the molecule is NNC(c1cncc(F)c1)c1ccc2c(c1)OCCO2. The molecule has 0 saturated heterocycles. The van der Waals surface area contributed by atoms with Crippen LogP contribution in [-0.4, -0.2) is 18.2 Å². The van der Waals surface area contributed by atoms with E-state index in [1.165, 1.54) is 6.07 Å². The molecular weight excluding hydrogens is 261 g/mol. The molecule has 2 heterocycles. The Morgan fingerprint density at radius 1 is 1.10 bits per heavy atom. The highest BCUT2D eigenvalue weighted by Crippen LogP contribution is 2.34. The van der Waals surface area contributed by atoms with Crippen LogP contribution in [-0.2, 0) is 0 Å². The molecular formula is C14H14FN3O2. The lowest BCUT2D eigenvalue weighted by molar-refractivity contribution is 0.171. The largest absolute Gasteiger partial charge is 0.486 e. The molecule has 3 N–H and O–H groups in total. The average Bonchev–Trinajstić information content (AvgIpc) is 2.48. The molecule has 0 saturated carbocycles. The van der Waals surface area contributed by atoms with Gasteiger partial charge in [0, 0.05) is 6.20 Å². The Labute approximate surface area is 115 Å². The van der Waals surface area contributed by atoms with E-state index in [9.17, 15) is 4.39 Å². The van der Waals surface area contributed by atoms with Crippen LogP contribution >= 0.6 is 0 Å². The molecule has 0 aliphatic carbocycles. The summed E-state index contributed by atoms with van der Waals surface area (Å²) in [5, 5.41) is 0. The van der Waals surface area contributed by atoms with Gasteiger partial charge in [0.25, 0.3) is 0 Å². The van der Waals surface area contributed by atoms with Crippen molar-refractivity contribution in [1.82, 2.24) is 10.4 Å². The van der Waals surface area contributed by atoms with Crippen LogP contribution in [0, 0.1) is 5.82 Å². The highest BCUT2D eigenvalue weighted by molar-refractivity contribution is 5.46. The number of halogens is 1. The van der Waals surface area contributed by atoms with Crippen LogP contribution in [0.15, 0.2) is 36.7 Å². The van der Waals surface area contributed by atoms with Crippen molar-refractivity contribution >= 4 is 0 Å². The molecule has 0 fully saturated rings. The molecule has 1 aliphatic heterocycles. The topological polar surface area (TPSA) is 69.4 Å². The molecule has 1 unspecified atom stereocenters. The van der Waals surface area contributed by atoms with Crippen LogP contribution in [0.3, 0.4) is 0 Å². The smallest absolute Gasteiger partial charge is 0.161 e. The number of hydrogen-bond donors (Lipinski definition) is 2. The number of ether oxygens (including phenoxy) is 2. The van der Waals surface area contributed by atoms with Gasteiger partial charge in [0.05, 0.1) is 12.2 Å². The summed E-state index contributed by atoms with van der Waals surface area (Å²) in [5.41, 5.74) is 4.16. The molecule has 0 bridgehead atoms. The lowest BCUT2D eigenvalue weighted by Crippen LogP contribution is -2.29. The summed E-state index contributed by atoms with van der Waals surface area (Å²) < 4.78 is 24.3. The normalized spacial score (nSPS) is 14.9. The number of hydrazine groups is 1. The van der Waals surface area contributed by atoms with Gasteiger partial charge in [-0.05, 0) is 29.3 Å². The van der Waals surface area contributed by atoms with E-state index in [0.29, 0.717) is 30.3 Å². The van der Waals surface area contributed by atoms with Gasteiger partial charge in [-0.3, -0.25) is 10.8 Å². The van der Waals surface area contributed by atoms with Crippen molar-refractivity contribution in [1.29, 1.82) is 0 Å². The number of nitrogens with two attached hydrogens (primary N) is 1. The number of benzene rings is 1. The highest BCUT2D eigenvalue weighted by atomic mass is 19.1. The van der Waals surface area contributed by atoms with Crippen LogP contribution in [0.25, 0.3) is 0 Å². The van der Waals surface area contributed by atoms with Gasteiger partial charge >= 0.3 is 0 Å². The van der Waals surface area contributed by atoms with E-state index in [-0.39, 0.29) is 6.04 Å². The number of rotatable bonds is 3. The van der Waals surface area contributed by atoms with Gasteiger partial charge in [-0.25, -0.2) is 9.82 Å². The summed E-state index contributed by atoms with van der Waals surface area (Å²) in [6, 6.07) is 6.55. The maximum Gasteiger partial charge on any atom is 0.161 e. The first-order valence-electron chi connectivity index (χ1n) is 6.24. The van der Waals surface area contributed by atoms with Gasteiger partial charge in [0.1, 0.15) is 19.0 Å². The van der Waals surface area contributed by atoms with Crippen molar-refractivity contribution < 1.29 is 13.9 Å². The number of nitrogens with one attached hydrogen (secondary N) is 1. The van der Waals surface area contributed by atoms with Crippen molar-refractivity contribution in [3.05, 3.63) is 53.6 Å². The molecule has 0 spiro atoms. The standard InChI is InChI=1S/C14H14FN3O2/c15-11-5-10(7-17-8-11)14(18-16)9-1-2-12-13(6-9)20-4-3-19-12/h1-2,5-8,14,18H,3-4,16H2. The van der Waals surface area contributed by atoms with Gasteiger partial charge in [0.15, 0.2) is 11.5 Å². The van der Waals surface area contributed by atoms with Crippen LogP contribution < -0.4 is 20.7 Å². The van der Waals surface area contributed by atoms with Crippen molar-refractivity contribution in [2.24, 2.45) is 5.84 Å². The molecule has 5 nitrogen and oxygen atoms in total. The molecule has 20 heavy (non-hydrogen) atoms. The molecule has 1 aromatic carbocycles. The molecule has 2 aromatic rings. The zero-order chi connectivity index (χ0) is 13.9. The first-order chi connectivity index (χ1) is 9.78. The highest BCUT2D eigenvalue weighted by Gasteiger charge is 2.18. The zero-order valence-electron chi connectivity index (χ0n) is 10.7. The van der Waals surface area contributed by atoms with E-state index in [0.717, 1.165) is 11.8 Å². The van der Waals surface area contributed by atoms with Crippen molar-refractivity contribution in [3.8, 4) is 11.5 Å². The van der Waals surface area contributed by atoms with Crippen LogP contribution in [0.2, 0.25) is 0 Å². The second-order valence-electron chi connectivity index (χ2n) is 4.44. The first kappa shape index (κ1) is 12.8. The third-order valence-corrected chi connectivity index (χ3v) is 3.13. The fourth-order valence-electron chi connectivity index (χ4n) is 2.21. The Bertz CT molecular complexity index is 621. The van der Waals surface area contributed by atoms with Gasteiger partial charge in [0.2, 0.25) is 0 Å². The number of aromatic nitrogens is 1. The summed E-state index contributed by atoms with van der Waals surface area (Å²) in [6.07, 6.45) is 2.73. The minimum atomic E-state index is -0.403. The van der Waals surface area contributed by atoms with E-state index in [1.807, 2.05) is 18.2 Å². The molecule has 1 aromatic heterocycles. The van der Waals surface area contributed by atoms with Gasteiger partial charge in [-0.15, -0.1) is 0 Å². The monoisotopic (exact) mass is 275 g/mol. The number of pyridine rings is 1. The van der Waals surface area contributed by atoms with Gasteiger partial charge in [-0.2, -0.15) is 0 Å². The third-order valence-electron chi connectivity index (χ3n) is 3.13. The summed E-state index contributed by atoms with van der Waals surface area (Å²) in [6.45, 7) is 1.05. The fraction of sp³-hybridized carbons (Fsp3) is 0.214. The van der Waals surface area contributed by atoms with E-state index in [1.54, 1.807) is 6.20 Å². The van der Waals surface area contributed by atoms with E-state index in [4.69, 9.17) is 15.3 Å². The lowest BCUT2D eigenvalue weighted by Gasteiger charge is -2.22. The molecule has 6 heteroatoms. The number of nitrogens with zero attached hydrogens (tertiary/aromatic N) is 1. The van der Waals surface area contributed by atoms with Gasteiger partial charge < -0.3 is 9.47 Å². The molecule has 0 amide bonds. The third kappa shape index (κ3) is 2.43. The lowest BCUT2D eigenvalue weighted by atomic mass is 10.00. The summed E-state index contributed by atoms with van der Waals surface area (Å²) in [7, 11) is 0. The molecule has 0 radical (unpaired) electrons. The average molecular weight is 275 g/mol. The summed E-state index contributed by atoms with van der Waals surface area (Å²) in [4.78, 5) is 3.84. The van der Waals surface area contributed by atoms with E-state index < -0.39 is 5.82 Å². The van der Waals surface area contributed by atoms with Crippen LogP contribution in [0.4, 0.5) is 4.39 Å². The van der Waals surface area contributed by atoms with Crippen molar-refractivity contribution in [3.63, 3.8) is 0 Å². The predicted octanol–water partition coefficient (Wildman–Crippen LogP) is 1.54. The number of hydrogen-bond acceptors (Lipinski definition) is 5. The van der Waals surface area contributed by atoms with E-state index in [2.05, 4.69) is 10.4 Å². The number of fused-ring (bicyclic) bond motifs is 1. The second-order valence-corrected chi connectivity index (χ2v) is 4.44. The quantitative estimate of drug-likeness (QED) is 0.657. The Morgan fingerprint density at radius 2 is 1.90 bits per heavy atom. The zero-order valence-corrected chi connectivity index (χ0v) is 10.7. The molecule has 3 rings (SSSR count). The van der Waals surface area contributed by atoms with Crippen LogP contribution in [0.1, 0.15) is 17.2 Å². The second kappa shape index (κ2) is 5.44. The van der Waals surface area contributed by atoms with Gasteiger partial charge in [-0.1, -0.05) is 6.07 Å². The van der Waals surface area contributed by atoms with Crippen molar-refractivity contribution in [2.45, 2.75) is 6.04 Å². The Kier molecular flexibility index (Phi) is 3.49. The minimum Gasteiger partial charge on any atom is -0.486 e. The predicted molar refractivity (Wildman–Crippen MR) is 70.8 cm³/mol. The first-order valence-corrected chi connectivity index (χ1v) is 6.24. The molecule has 1 atom stereocenters.